The summed E-state index contributed by atoms with van der Waals surface area (Å²) in [6, 6.07) is 3.55. The lowest BCUT2D eigenvalue weighted by Crippen LogP contribution is -2.25. The van der Waals surface area contributed by atoms with Gasteiger partial charge in [0.2, 0.25) is 0 Å². The Morgan fingerprint density at radius 3 is 2.57 bits per heavy atom. The average Bonchev–Trinajstić information content (AvgIpc) is 2.56. The van der Waals surface area contributed by atoms with Crippen LogP contribution in [0.2, 0.25) is 0 Å². The minimum Gasteiger partial charge on any atom is -0.497 e. The summed E-state index contributed by atoms with van der Waals surface area (Å²) in [6.07, 6.45) is 2.27. The van der Waals surface area contributed by atoms with Crippen LogP contribution in [0, 0.1) is 6.92 Å². The zero-order chi connectivity index (χ0) is 17.0. The van der Waals surface area contributed by atoms with E-state index in [1.54, 1.807) is 26.4 Å². The molecule has 5 heteroatoms. The molecule has 0 saturated carbocycles. The number of rotatable bonds is 7. The van der Waals surface area contributed by atoms with Gasteiger partial charge in [0.1, 0.15) is 11.5 Å². The fourth-order valence-electron chi connectivity index (χ4n) is 2.74. The number of methoxy groups -OCH3 is 2. The molecule has 0 unspecified atom stereocenters. The van der Waals surface area contributed by atoms with E-state index in [2.05, 4.69) is 16.8 Å². The highest BCUT2D eigenvalue weighted by Gasteiger charge is 2.15. The molecule has 5 nitrogen and oxygen atoms in total. The quantitative estimate of drug-likeness (QED) is 0.852. The molecule has 0 aliphatic heterocycles. The Morgan fingerprint density at radius 1 is 1.22 bits per heavy atom. The largest absolute Gasteiger partial charge is 0.497 e. The Morgan fingerprint density at radius 2 is 1.96 bits per heavy atom. The van der Waals surface area contributed by atoms with Gasteiger partial charge in [-0.05, 0) is 33.0 Å². The minimum atomic E-state index is 0.0387. The Labute approximate surface area is 137 Å². The number of nitrogens with zero attached hydrogens (tertiary/aromatic N) is 1. The van der Waals surface area contributed by atoms with Crippen LogP contribution in [0.3, 0.4) is 0 Å². The van der Waals surface area contributed by atoms with Crippen molar-refractivity contribution in [2.45, 2.75) is 33.2 Å². The number of unbranched alkanes of at least 4 members (excludes halogenated alkanes) is 1. The maximum atomic E-state index is 12.9. The van der Waals surface area contributed by atoms with Crippen LogP contribution in [-0.4, -0.2) is 37.7 Å². The van der Waals surface area contributed by atoms with Crippen LogP contribution in [0.5, 0.6) is 11.5 Å². The van der Waals surface area contributed by atoms with E-state index in [1.165, 1.54) is 0 Å². The lowest BCUT2D eigenvalue weighted by atomic mass is 10.1. The van der Waals surface area contributed by atoms with E-state index >= 15 is 0 Å². The summed E-state index contributed by atoms with van der Waals surface area (Å²) in [6.45, 7) is 5.72. The van der Waals surface area contributed by atoms with Crippen molar-refractivity contribution in [2.24, 2.45) is 0 Å². The van der Waals surface area contributed by atoms with Gasteiger partial charge >= 0.3 is 0 Å². The molecule has 2 aromatic rings. The first kappa shape index (κ1) is 17.3. The summed E-state index contributed by atoms with van der Waals surface area (Å²) >= 11 is 0. The molecule has 0 aliphatic rings. The van der Waals surface area contributed by atoms with Gasteiger partial charge in [0, 0.05) is 23.9 Å². The Balaban J connectivity index is 2.53. The van der Waals surface area contributed by atoms with Crippen molar-refractivity contribution in [3.05, 3.63) is 33.6 Å². The number of fused-ring (bicyclic) bond motifs is 1. The topological polar surface area (TPSA) is 54.6 Å². The zero-order valence-electron chi connectivity index (χ0n) is 14.7. The fraction of sp³-hybridized carbons (Fsp3) is 0.500. The highest BCUT2D eigenvalue weighted by Crippen LogP contribution is 2.28. The summed E-state index contributed by atoms with van der Waals surface area (Å²) in [5.74, 6) is 1.24. The molecule has 1 heterocycles. The van der Waals surface area contributed by atoms with Gasteiger partial charge in [0.25, 0.3) is 0 Å². The molecule has 0 radical (unpaired) electrons. The number of ether oxygens (including phenoxy) is 2. The van der Waals surface area contributed by atoms with Gasteiger partial charge in [-0.3, -0.25) is 4.79 Å². The van der Waals surface area contributed by atoms with E-state index in [0.29, 0.717) is 23.4 Å². The second-order valence-electron chi connectivity index (χ2n) is 5.90. The van der Waals surface area contributed by atoms with Crippen LogP contribution in [-0.2, 0) is 6.54 Å². The molecule has 0 bridgehead atoms. The number of aryl methyl sites for hydroxylation is 1. The van der Waals surface area contributed by atoms with E-state index in [0.717, 1.165) is 36.2 Å². The average molecular weight is 318 g/mol. The molecule has 1 N–H and O–H groups in total. The van der Waals surface area contributed by atoms with E-state index in [9.17, 15) is 4.79 Å². The summed E-state index contributed by atoms with van der Waals surface area (Å²) in [4.78, 5) is 18.4. The SMILES string of the molecule is CCCCN(C)Cc1c(C)[nH]c2c(OC)cc(OC)cc2c1=O. The van der Waals surface area contributed by atoms with Crippen LogP contribution in [0.4, 0.5) is 0 Å². The smallest absolute Gasteiger partial charge is 0.194 e. The first-order chi connectivity index (χ1) is 11.0. The third-order valence-corrected chi connectivity index (χ3v) is 4.14. The molecule has 23 heavy (non-hydrogen) atoms. The summed E-state index contributed by atoms with van der Waals surface area (Å²) in [7, 11) is 5.22. The molecule has 126 valence electrons. The van der Waals surface area contributed by atoms with Gasteiger partial charge < -0.3 is 19.4 Å². The normalized spacial score (nSPS) is 11.2. The van der Waals surface area contributed by atoms with E-state index < -0.39 is 0 Å². The second kappa shape index (κ2) is 7.51. The molecule has 1 aromatic heterocycles. The molecular weight excluding hydrogens is 292 g/mol. The number of H-pyrrole nitrogens is 1. The van der Waals surface area contributed by atoms with Crippen molar-refractivity contribution in [3.8, 4) is 11.5 Å². The molecular formula is C18H26N2O3. The number of hydrogen-bond donors (Lipinski definition) is 1. The lowest BCUT2D eigenvalue weighted by Gasteiger charge is -2.18. The van der Waals surface area contributed by atoms with Gasteiger partial charge in [0.15, 0.2) is 5.43 Å². The second-order valence-corrected chi connectivity index (χ2v) is 5.90. The van der Waals surface area contributed by atoms with Crippen LogP contribution in [0.25, 0.3) is 10.9 Å². The monoisotopic (exact) mass is 318 g/mol. The summed E-state index contributed by atoms with van der Waals surface area (Å²) < 4.78 is 10.7. The van der Waals surface area contributed by atoms with Gasteiger partial charge in [0.05, 0.1) is 25.1 Å². The highest BCUT2D eigenvalue weighted by molar-refractivity contribution is 5.86. The van der Waals surface area contributed by atoms with E-state index in [1.807, 2.05) is 14.0 Å². The number of pyridine rings is 1. The molecule has 2 rings (SSSR count). The van der Waals surface area contributed by atoms with Gasteiger partial charge in [-0.2, -0.15) is 0 Å². The van der Waals surface area contributed by atoms with E-state index in [-0.39, 0.29) is 5.43 Å². The summed E-state index contributed by atoms with van der Waals surface area (Å²) in [5.41, 5.74) is 2.44. The molecule has 0 fully saturated rings. The highest BCUT2D eigenvalue weighted by atomic mass is 16.5. The molecule has 0 saturated heterocycles. The first-order valence-electron chi connectivity index (χ1n) is 7.97. The van der Waals surface area contributed by atoms with Crippen molar-refractivity contribution in [3.63, 3.8) is 0 Å². The maximum Gasteiger partial charge on any atom is 0.194 e. The number of nitrogens with one attached hydrogen (secondary N) is 1. The van der Waals surface area contributed by atoms with Crippen molar-refractivity contribution in [1.82, 2.24) is 9.88 Å². The molecule has 0 aliphatic carbocycles. The maximum absolute atomic E-state index is 12.9. The van der Waals surface area contributed by atoms with Gasteiger partial charge in [-0.15, -0.1) is 0 Å². The van der Waals surface area contributed by atoms with Gasteiger partial charge in [-0.25, -0.2) is 0 Å². The number of aromatic nitrogens is 1. The predicted molar refractivity (Wildman–Crippen MR) is 93.7 cm³/mol. The molecule has 0 spiro atoms. The van der Waals surface area contributed by atoms with Gasteiger partial charge in [-0.1, -0.05) is 13.3 Å². The van der Waals surface area contributed by atoms with Crippen molar-refractivity contribution >= 4 is 10.9 Å². The first-order valence-corrected chi connectivity index (χ1v) is 7.97. The lowest BCUT2D eigenvalue weighted by molar-refractivity contribution is 0.319. The molecule has 0 atom stereocenters. The minimum absolute atomic E-state index is 0.0387. The van der Waals surface area contributed by atoms with E-state index in [4.69, 9.17) is 9.47 Å². The standard InChI is InChI=1S/C18H26N2O3/c1-6-7-8-20(3)11-15-12(2)19-17-14(18(15)21)9-13(22-4)10-16(17)23-5/h9-10H,6-8,11H2,1-5H3,(H,19,21). The van der Waals surface area contributed by atoms with Crippen LogP contribution in [0.1, 0.15) is 31.0 Å². The molecule has 1 aromatic carbocycles. The fourth-order valence-corrected chi connectivity index (χ4v) is 2.74. The predicted octanol–water partition coefficient (Wildman–Crippen LogP) is 3.09. The molecule has 0 amide bonds. The van der Waals surface area contributed by atoms with Crippen LogP contribution >= 0.6 is 0 Å². The van der Waals surface area contributed by atoms with Crippen LogP contribution < -0.4 is 14.9 Å². The zero-order valence-corrected chi connectivity index (χ0v) is 14.7. The number of aromatic amines is 1. The number of benzene rings is 1. The third-order valence-electron chi connectivity index (χ3n) is 4.14. The third kappa shape index (κ3) is 3.67. The van der Waals surface area contributed by atoms with Crippen molar-refractivity contribution in [1.29, 1.82) is 0 Å². The Kier molecular flexibility index (Phi) is 5.66. The Hall–Kier alpha value is -2.01. The Bertz CT molecular complexity index is 737. The van der Waals surface area contributed by atoms with Crippen LogP contribution in [0.15, 0.2) is 16.9 Å². The van der Waals surface area contributed by atoms with Crippen molar-refractivity contribution < 1.29 is 9.47 Å². The van der Waals surface area contributed by atoms with Crippen molar-refractivity contribution in [2.75, 3.05) is 27.8 Å². The number of hydrogen-bond acceptors (Lipinski definition) is 4. The summed E-state index contributed by atoms with van der Waals surface area (Å²) in [5, 5.41) is 0.602.